The van der Waals surface area contributed by atoms with E-state index in [0.29, 0.717) is 0 Å². The second kappa shape index (κ2) is 8.53. The van der Waals surface area contributed by atoms with Crippen LogP contribution in [-0.2, 0) is 9.53 Å². The van der Waals surface area contributed by atoms with Crippen molar-refractivity contribution in [2.24, 2.45) is 0 Å². The Morgan fingerprint density at radius 3 is 1.92 bits per heavy atom. The monoisotopic (exact) mass is 175 g/mol. The zero-order valence-electron chi connectivity index (χ0n) is 8.97. The Labute approximate surface area is 75.5 Å². The Morgan fingerprint density at radius 2 is 1.67 bits per heavy atom. The van der Waals surface area contributed by atoms with E-state index in [9.17, 15) is 4.79 Å². The van der Waals surface area contributed by atoms with E-state index in [2.05, 4.69) is 5.32 Å². The van der Waals surface area contributed by atoms with Crippen LogP contribution in [0.1, 0.15) is 34.6 Å². The number of ether oxygens (including phenoxy) is 1. The minimum absolute atomic E-state index is 0.0247. The van der Waals surface area contributed by atoms with Crippen molar-refractivity contribution >= 4 is 5.97 Å². The molecule has 0 aliphatic rings. The Hall–Kier alpha value is -0.570. The molecule has 0 aromatic heterocycles. The second-order valence-corrected chi connectivity index (χ2v) is 2.50. The Morgan fingerprint density at radius 1 is 1.25 bits per heavy atom. The Kier molecular flexibility index (Phi) is 9.93. The number of carbonyl (C=O) groups is 1. The van der Waals surface area contributed by atoms with E-state index in [0.717, 1.165) is 0 Å². The maximum Gasteiger partial charge on any atom is 0.323 e. The third-order valence-electron chi connectivity index (χ3n) is 1.14. The lowest BCUT2D eigenvalue weighted by atomic mass is 10.3. The first-order valence-corrected chi connectivity index (χ1v) is 4.45. The molecule has 0 amide bonds. The van der Waals surface area contributed by atoms with Crippen LogP contribution < -0.4 is 5.32 Å². The molecule has 1 atom stereocenters. The summed E-state index contributed by atoms with van der Waals surface area (Å²) in [4.78, 5) is 10.9. The van der Waals surface area contributed by atoms with Gasteiger partial charge < -0.3 is 10.1 Å². The zero-order chi connectivity index (χ0) is 10.1. The average Bonchev–Trinajstić information content (AvgIpc) is 2.05. The molecule has 1 N–H and O–H groups in total. The largest absolute Gasteiger partial charge is 0.462 e. The van der Waals surface area contributed by atoms with Gasteiger partial charge in [0.25, 0.3) is 0 Å². The predicted molar refractivity (Wildman–Crippen MR) is 51.1 cm³/mol. The third kappa shape index (κ3) is 7.54. The van der Waals surface area contributed by atoms with Crippen molar-refractivity contribution < 1.29 is 9.53 Å². The van der Waals surface area contributed by atoms with Crippen LogP contribution in [0, 0.1) is 0 Å². The first-order valence-electron chi connectivity index (χ1n) is 4.45. The summed E-state index contributed by atoms with van der Waals surface area (Å²) in [5, 5.41) is 2.80. The normalized spacial score (nSPS) is 11.6. The molecule has 0 unspecified atom stereocenters. The van der Waals surface area contributed by atoms with Gasteiger partial charge in [-0.1, -0.05) is 13.8 Å². The summed E-state index contributed by atoms with van der Waals surface area (Å²) in [6, 6.07) is -0.206. The van der Waals surface area contributed by atoms with Crippen LogP contribution in [0.3, 0.4) is 0 Å². The van der Waals surface area contributed by atoms with Gasteiger partial charge >= 0.3 is 5.97 Å². The molecule has 0 heterocycles. The summed E-state index contributed by atoms with van der Waals surface area (Å²) >= 11 is 0. The van der Waals surface area contributed by atoms with Crippen LogP contribution in [0.2, 0.25) is 0 Å². The van der Waals surface area contributed by atoms with Crippen molar-refractivity contribution in [2.75, 3.05) is 7.05 Å². The molecule has 12 heavy (non-hydrogen) atoms. The number of esters is 1. The fourth-order valence-corrected chi connectivity index (χ4v) is 0.452. The molecule has 3 heteroatoms. The van der Waals surface area contributed by atoms with Gasteiger partial charge in [-0.2, -0.15) is 0 Å². The highest BCUT2D eigenvalue weighted by atomic mass is 16.5. The van der Waals surface area contributed by atoms with Gasteiger partial charge in [-0.3, -0.25) is 4.79 Å². The van der Waals surface area contributed by atoms with Crippen molar-refractivity contribution in [3.05, 3.63) is 0 Å². The van der Waals surface area contributed by atoms with Gasteiger partial charge in [0, 0.05) is 0 Å². The van der Waals surface area contributed by atoms with Gasteiger partial charge in [-0.15, -0.1) is 0 Å². The summed E-state index contributed by atoms with van der Waals surface area (Å²) in [5.41, 5.74) is 0. The van der Waals surface area contributed by atoms with Crippen LogP contribution in [-0.4, -0.2) is 25.2 Å². The van der Waals surface area contributed by atoms with Crippen LogP contribution >= 0.6 is 0 Å². The molecular formula is C9H21NO2. The smallest absolute Gasteiger partial charge is 0.323 e. The highest BCUT2D eigenvalue weighted by Crippen LogP contribution is 1.92. The van der Waals surface area contributed by atoms with Gasteiger partial charge in [0.15, 0.2) is 0 Å². The molecule has 0 aromatic carbocycles. The molecule has 0 saturated heterocycles. The molecule has 0 saturated carbocycles. The van der Waals surface area contributed by atoms with Crippen LogP contribution in [0.15, 0.2) is 0 Å². The van der Waals surface area contributed by atoms with Gasteiger partial charge in [0.1, 0.15) is 6.04 Å². The average molecular weight is 175 g/mol. The minimum Gasteiger partial charge on any atom is -0.462 e. The standard InChI is InChI=1S/C7H15NO2.C2H6/c1-5(2)10-7(9)6(3)8-4;1-2/h5-6,8H,1-4H3;1-2H3/t6-;/m1./s1. The van der Waals surface area contributed by atoms with Crippen LogP contribution in [0.5, 0.6) is 0 Å². The summed E-state index contributed by atoms with van der Waals surface area (Å²) in [6.45, 7) is 9.44. The summed E-state index contributed by atoms with van der Waals surface area (Å²) in [7, 11) is 1.73. The highest BCUT2D eigenvalue weighted by Gasteiger charge is 2.12. The lowest BCUT2D eigenvalue weighted by Gasteiger charge is -2.12. The predicted octanol–water partition coefficient (Wildman–Crippen LogP) is 1.57. The molecule has 0 bridgehead atoms. The van der Waals surface area contributed by atoms with Gasteiger partial charge in [-0.05, 0) is 27.8 Å². The molecule has 0 aliphatic carbocycles. The number of nitrogens with one attached hydrogen (secondary N) is 1. The quantitative estimate of drug-likeness (QED) is 0.662. The van der Waals surface area contributed by atoms with E-state index in [1.54, 1.807) is 14.0 Å². The first-order chi connectivity index (χ1) is 5.57. The van der Waals surface area contributed by atoms with E-state index in [1.807, 2.05) is 27.7 Å². The Balaban J connectivity index is 0. The van der Waals surface area contributed by atoms with Crippen LogP contribution in [0.4, 0.5) is 0 Å². The topological polar surface area (TPSA) is 38.3 Å². The number of hydrogen-bond donors (Lipinski definition) is 1. The maximum atomic E-state index is 10.9. The molecule has 0 aliphatic heterocycles. The number of hydrogen-bond acceptors (Lipinski definition) is 3. The van der Waals surface area contributed by atoms with Crippen LogP contribution in [0.25, 0.3) is 0 Å². The molecule has 74 valence electrons. The lowest BCUT2D eigenvalue weighted by Crippen LogP contribution is -2.33. The van der Waals surface area contributed by atoms with Crippen molar-refractivity contribution in [2.45, 2.75) is 46.8 Å². The number of likely N-dealkylation sites (N-methyl/N-ethyl adjacent to an activating group) is 1. The zero-order valence-corrected chi connectivity index (χ0v) is 8.97. The number of rotatable bonds is 3. The molecule has 0 aromatic rings. The summed E-state index contributed by atoms with van der Waals surface area (Å²) in [6.07, 6.45) is -0.0247. The van der Waals surface area contributed by atoms with Crippen molar-refractivity contribution in [3.8, 4) is 0 Å². The van der Waals surface area contributed by atoms with Gasteiger partial charge in [0.2, 0.25) is 0 Å². The summed E-state index contributed by atoms with van der Waals surface area (Å²) < 4.78 is 4.90. The van der Waals surface area contributed by atoms with Crippen molar-refractivity contribution in [1.82, 2.24) is 5.32 Å². The maximum absolute atomic E-state index is 10.9. The fraction of sp³-hybridized carbons (Fsp3) is 0.889. The fourth-order valence-electron chi connectivity index (χ4n) is 0.452. The third-order valence-corrected chi connectivity index (χ3v) is 1.14. The van der Waals surface area contributed by atoms with E-state index >= 15 is 0 Å². The molecular weight excluding hydrogens is 154 g/mol. The molecule has 0 rings (SSSR count). The van der Waals surface area contributed by atoms with Crippen molar-refractivity contribution in [1.29, 1.82) is 0 Å². The van der Waals surface area contributed by atoms with Crippen molar-refractivity contribution in [3.63, 3.8) is 0 Å². The van der Waals surface area contributed by atoms with E-state index in [1.165, 1.54) is 0 Å². The van der Waals surface area contributed by atoms with Gasteiger partial charge in [-0.25, -0.2) is 0 Å². The summed E-state index contributed by atoms with van der Waals surface area (Å²) in [5.74, 6) is -0.197. The first kappa shape index (κ1) is 14.0. The number of carbonyl (C=O) groups excluding carboxylic acids is 1. The van der Waals surface area contributed by atoms with E-state index in [4.69, 9.17) is 4.74 Å². The highest BCUT2D eigenvalue weighted by molar-refractivity contribution is 5.75. The van der Waals surface area contributed by atoms with E-state index < -0.39 is 0 Å². The molecule has 0 radical (unpaired) electrons. The lowest BCUT2D eigenvalue weighted by molar-refractivity contribution is -0.149. The van der Waals surface area contributed by atoms with E-state index in [-0.39, 0.29) is 18.1 Å². The SMILES string of the molecule is CC.CN[C@H](C)C(=O)OC(C)C. The second-order valence-electron chi connectivity index (χ2n) is 2.50. The minimum atomic E-state index is -0.206. The molecule has 0 fully saturated rings. The molecule has 0 spiro atoms. The molecule has 3 nitrogen and oxygen atoms in total. The Bertz CT molecular complexity index is 113. The van der Waals surface area contributed by atoms with Gasteiger partial charge in [0.05, 0.1) is 6.10 Å².